The normalized spacial score (nSPS) is 27.5. The maximum atomic E-state index is 12.2. The zero-order valence-electron chi connectivity index (χ0n) is 16.1. The number of hydrogen-bond acceptors (Lipinski definition) is 17. The van der Waals surface area contributed by atoms with Crippen molar-refractivity contribution >= 4 is 40.6 Å². The van der Waals surface area contributed by atoms with E-state index in [9.17, 15) is 48.3 Å². The van der Waals surface area contributed by atoms with Gasteiger partial charge in [-0.25, -0.2) is 9.29 Å². The molecule has 3 unspecified atom stereocenters. The second-order valence-electron chi connectivity index (χ2n) is 6.51. The van der Waals surface area contributed by atoms with E-state index in [1.165, 1.54) is 7.05 Å². The number of nitrogen functional groups attached to an aromatic ring is 1. The molecule has 1 aliphatic heterocycles. The number of nitrogens with two attached hydrogens (primary N) is 1. The van der Waals surface area contributed by atoms with Crippen molar-refractivity contribution in [3.8, 4) is 0 Å². The van der Waals surface area contributed by atoms with E-state index in [4.69, 9.17) is 10.5 Å². The van der Waals surface area contributed by atoms with E-state index in [0.29, 0.717) is 0 Å². The molecule has 0 spiro atoms. The molecule has 1 fully saturated rings. The summed E-state index contributed by atoms with van der Waals surface area (Å²) >= 11 is 0. The molecule has 3 rings (SSSR count). The fraction of sp³-hybridized carbons (Fsp3) is 0.545. The molecule has 0 saturated carbocycles. The summed E-state index contributed by atoms with van der Waals surface area (Å²) in [6.07, 6.45) is -5.59. The molecule has 6 atom stereocenters. The SMILES string of the molecule is Cn1c(N)nc2c(ncn2[C@@H]2O[C@H](COP(=O)([O-])OP(=O)([O-])OP(=O)([O-])[O-])[C@H](O)C2O)c1=O. The van der Waals surface area contributed by atoms with Crippen LogP contribution in [0.4, 0.5) is 5.95 Å². The zero-order chi connectivity index (χ0) is 24.9. The third-order valence-corrected chi connectivity index (χ3v) is 7.91. The number of aliphatic hydroxyl groups is 2. The second kappa shape index (κ2) is 8.90. The fourth-order valence-electron chi connectivity index (χ4n) is 2.79. The monoisotopic (exact) mass is 533 g/mol. The number of phosphoric ester groups is 1. The number of aliphatic hydroxyl groups excluding tert-OH is 2. The summed E-state index contributed by atoms with van der Waals surface area (Å²) in [5, 5.41) is 20.4. The summed E-state index contributed by atoms with van der Waals surface area (Å²) in [4.78, 5) is 63.4. The topological polar surface area (TPSA) is 300 Å². The Hall–Kier alpha value is -1.56. The summed E-state index contributed by atoms with van der Waals surface area (Å²) in [5.74, 6) is -0.212. The van der Waals surface area contributed by atoms with E-state index < -0.39 is 60.2 Å². The van der Waals surface area contributed by atoms with Crippen LogP contribution < -0.4 is 30.9 Å². The van der Waals surface area contributed by atoms with E-state index in [1.807, 2.05) is 0 Å². The van der Waals surface area contributed by atoms with Gasteiger partial charge in [0.05, 0.1) is 20.8 Å². The van der Waals surface area contributed by atoms with Gasteiger partial charge >= 0.3 is 0 Å². The number of aromatic nitrogens is 4. The highest BCUT2D eigenvalue weighted by Crippen LogP contribution is 2.60. The summed E-state index contributed by atoms with van der Waals surface area (Å²) in [6.45, 7) is -1.13. The Bertz CT molecular complexity index is 1260. The van der Waals surface area contributed by atoms with Crippen LogP contribution in [0.15, 0.2) is 11.1 Å². The Morgan fingerprint density at radius 3 is 2.39 bits per heavy atom. The Morgan fingerprint density at radius 1 is 1.15 bits per heavy atom. The molecular formula is C11H14N5O14P3-4. The molecule has 2 aromatic rings. The molecule has 1 aliphatic rings. The van der Waals surface area contributed by atoms with Crippen molar-refractivity contribution < 1.29 is 61.4 Å². The first-order valence-corrected chi connectivity index (χ1v) is 12.8. The quantitative estimate of drug-likeness (QED) is 0.268. The van der Waals surface area contributed by atoms with Gasteiger partial charge in [-0.3, -0.25) is 27.4 Å². The highest BCUT2D eigenvalue weighted by atomic mass is 31.3. The van der Waals surface area contributed by atoms with Crippen molar-refractivity contribution in [1.29, 1.82) is 0 Å². The molecule has 22 heteroatoms. The van der Waals surface area contributed by atoms with Gasteiger partial charge in [0.25, 0.3) is 21.2 Å². The predicted molar refractivity (Wildman–Crippen MR) is 94.0 cm³/mol. The van der Waals surface area contributed by atoms with E-state index in [2.05, 4.69) is 23.1 Å². The molecule has 4 N–H and O–H groups in total. The van der Waals surface area contributed by atoms with Crippen molar-refractivity contribution in [3.63, 3.8) is 0 Å². The summed E-state index contributed by atoms with van der Waals surface area (Å²) in [7, 11) is -16.8. The van der Waals surface area contributed by atoms with E-state index in [-0.39, 0.29) is 17.1 Å². The Morgan fingerprint density at radius 2 is 1.79 bits per heavy atom. The Labute approximate surface area is 182 Å². The summed E-state index contributed by atoms with van der Waals surface area (Å²) < 4.78 is 51.1. The van der Waals surface area contributed by atoms with E-state index in [1.54, 1.807) is 0 Å². The maximum Gasteiger partial charge on any atom is 0.282 e. The molecule has 3 heterocycles. The standard InChI is InChI=1S/C11H18N5O14P3/c1-15-9(19)5-8(14-11(15)12)16(3-13-5)10-7(18)6(17)4(28-10)2-27-32(23,24)30-33(25,26)29-31(20,21)22/h3-4,6-7,10,17-18H,2H2,1H3,(H2,12,14)(H,23,24)(H,25,26)(H2,20,21,22)/p-4/t4-,6+,7?,10-/m1/s1. The number of fused-ring (bicyclic) bond motifs is 1. The van der Waals surface area contributed by atoms with Crippen LogP contribution in [0.1, 0.15) is 6.23 Å². The highest BCUT2D eigenvalue weighted by Gasteiger charge is 2.45. The van der Waals surface area contributed by atoms with Gasteiger partial charge in [0.15, 0.2) is 17.4 Å². The van der Waals surface area contributed by atoms with Gasteiger partial charge in [0.1, 0.15) is 18.3 Å². The van der Waals surface area contributed by atoms with Crippen LogP contribution in [0.2, 0.25) is 0 Å². The maximum absolute atomic E-state index is 12.2. The lowest BCUT2D eigenvalue weighted by atomic mass is 10.1. The molecule has 0 aliphatic carbocycles. The van der Waals surface area contributed by atoms with E-state index in [0.717, 1.165) is 15.5 Å². The van der Waals surface area contributed by atoms with Gasteiger partial charge < -0.3 is 49.3 Å². The lowest BCUT2D eigenvalue weighted by Crippen LogP contribution is -2.34. The molecule has 0 amide bonds. The van der Waals surface area contributed by atoms with Crippen molar-refractivity contribution in [2.24, 2.45) is 7.05 Å². The van der Waals surface area contributed by atoms with Crippen molar-refractivity contribution in [2.45, 2.75) is 24.5 Å². The van der Waals surface area contributed by atoms with Crippen LogP contribution in [0.25, 0.3) is 11.2 Å². The van der Waals surface area contributed by atoms with Crippen molar-refractivity contribution in [2.75, 3.05) is 12.3 Å². The van der Waals surface area contributed by atoms with Crippen LogP contribution in [-0.2, 0) is 38.6 Å². The minimum Gasteiger partial charge on any atom is -0.790 e. The third kappa shape index (κ3) is 5.75. The van der Waals surface area contributed by atoms with Gasteiger partial charge in [-0.15, -0.1) is 0 Å². The number of anilines is 1. The molecule has 33 heavy (non-hydrogen) atoms. The predicted octanol–water partition coefficient (Wildman–Crippen LogP) is -4.85. The van der Waals surface area contributed by atoms with Crippen LogP contribution in [0.5, 0.6) is 0 Å². The molecule has 1 saturated heterocycles. The molecule has 186 valence electrons. The largest absolute Gasteiger partial charge is 0.790 e. The minimum atomic E-state index is -6.17. The summed E-state index contributed by atoms with van der Waals surface area (Å²) in [5.41, 5.74) is 4.72. The van der Waals surface area contributed by atoms with Crippen molar-refractivity contribution in [1.82, 2.24) is 19.1 Å². The van der Waals surface area contributed by atoms with Crippen LogP contribution in [-0.4, -0.2) is 54.2 Å². The lowest BCUT2D eigenvalue weighted by molar-refractivity contribution is -0.339. The molecular weight excluding hydrogens is 519 g/mol. The second-order valence-corrected chi connectivity index (χ2v) is 10.8. The fourth-order valence-corrected chi connectivity index (χ4v) is 5.66. The van der Waals surface area contributed by atoms with Gasteiger partial charge in [0.2, 0.25) is 5.95 Å². The number of rotatable bonds is 8. The number of imidazole rings is 1. The molecule has 2 aromatic heterocycles. The highest BCUT2D eigenvalue weighted by molar-refractivity contribution is 7.64. The first-order valence-electron chi connectivity index (χ1n) is 8.43. The van der Waals surface area contributed by atoms with Crippen LogP contribution >= 0.6 is 23.5 Å². The average molecular weight is 533 g/mol. The first kappa shape index (κ1) is 26.1. The molecule has 0 bridgehead atoms. The number of ether oxygens (including phenoxy) is 1. The number of phosphoric acid groups is 3. The Balaban J connectivity index is 1.75. The lowest BCUT2D eigenvalue weighted by Gasteiger charge is -2.37. The average Bonchev–Trinajstić information content (AvgIpc) is 3.17. The zero-order valence-corrected chi connectivity index (χ0v) is 18.8. The van der Waals surface area contributed by atoms with Crippen LogP contribution in [0.3, 0.4) is 0 Å². The van der Waals surface area contributed by atoms with Gasteiger partial charge in [-0.1, -0.05) is 0 Å². The first-order chi connectivity index (χ1) is 15.0. The van der Waals surface area contributed by atoms with Gasteiger partial charge in [-0.2, -0.15) is 4.98 Å². The minimum absolute atomic E-state index is 0.129. The molecule has 19 nitrogen and oxygen atoms in total. The van der Waals surface area contributed by atoms with Crippen LogP contribution in [0, 0.1) is 0 Å². The molecule has 0 radical (unpaired) electrons. The van der Waals surface area contributed by atoms with Crippen molar-refractivity contribution in [3.05, 3.63) is 16.7 Å². The summed E-state index contributed by atoms with van der Waals surface area (Å²) in [6, 6.07) is 0. The molecule has 0 aromatic carbocycles. The third-order valence-electron chi connectivity index (χ3n) is 4.25. The Kier molecular flexibility index (Phi) is 7.03. The van der Waals surface area contributed by atoms with E-state index >= 15 is 0 Å². The van der Waals surface area contributed by atoms with Gasteiger partial charge in [0, 0.05) is 7.05 Å². The van der Waals surface area contributed by atoms with Gasteiger partial charge in [-0.05, 0) is 0 Å². The number of nitrogens with zero attached hydrogens (tertiary/aromatic N) is 4. The smallest absolute Gasteiger partial charge is 0.282 e. The number of hydrogen-bond donors (Lipinski definition) is 3.